The average Bonchev–Trinajstić information content (AvgIpc) is 3.41. The molecule has 0 fully saturated rings. The predicted molar refractivity (Wildman–Crippen MR) is 123 cm³/mol. The number of benzene rings is 2. The molecule has 2 unspecified atom stereocenters. The molecular formula is C25H25N3OS. The molecule has 1 N–H and O–H groups in total. The number of thiophene rings is 1. The van der Waals surface area contributed by atoms with Crippen molar-refractivity contribution in [2.24, 2.45) is 11.0 Å². The van der Waals surface area contributed by atoms with E-state index in [2.05, 4.69) is 73.1 Å². The van der Waals surface area contributed by atoms with Gasteiger partial charge in [-0.05, 0) is 53.5 Å². The first-order valence-electron chi connectivity index (χ1n) is 10.5. The summed E-state index contributed by atoms with van der Waals surface area (Å²) in [5.74, 6) is 0.693. The van der Waals surface area contributed by atoms with E-state index in [1.54, 1.807) is 16.3 Å². The van der Waals surface area contributed by atoms with Gasteiger partial charge in [0.05, 0.1) is 11.8 Å². The molecule has 2 aliphatic rings. The zero-order valence-corrected chi connectivity index (χ0v) is 18.0. The third-order valence-corrected chi connectivity index (χ3v) is 7.04. The Morgan fingerprint density at radius 2 is 1.90 bits per heavy atom. The van der Waals surface area contributed by atoms with E-state index in [-0.39, 0.29) is 18.0 Å². The Hall–Kier alpha value is -2.92. The second kappa shape index (κ2) is 7.73. The molecule has 0 spiro atoms. The van der Waals surface area contributed by atoms with E-state index in [1.807, 2.05) is 12.1 Å². The van der Waals surface area contributed by atoms with Crippen molar-refractivity contribution in [3.63, 3.8) is 0 Å². The van der Waals surface area contributed by atoms with Gasteiger partial charge in [0.25, 0.3) is 0 Å². The number of aryl methyl sites for hydroxylation is 1. The molecule has 2 heterocycles. The summed E-state index contributed by atoms with van der Waals surface area (Å²) in [4.78, 5) is 14.5. The topological polar surface area (TPSA) is 44.7 Å². The van der Waals surface area contributed by atoms with Crippen LogP contribution in [0.1, 0.15) is 53.8 Å². The fraction of sp³-hybridized carbons (Fsp3) is 0.280. The second-order valence-electron chi connectivity index (χ2n) is 8.30. The minimum absolute atomic E-state index is 0.0525. The molecule has 0 radical (unpaired) electrons. The third-order valence-electron chi connectivity index (χ3n) is 6.10. The Morgan fingerprint density at radius 1 is 1.10 bits per heavy atom. The first-order valence-corrected chi connectivity index (χ1v) is 11.4. The Balaban J connectivity index is 1.47. The molecule has 1 aromatic heterocycles. The van der Waals surface area contributed by atoms with Gasteiger partial charge < -0.3 is 5.32 Å². The highest BCUT2D eigenvalue weighted by Crippen LogP contribution is 2.44. The number of nitrogens with one attached hydrogen (secondary N) is 1. The summed E-state index contributed by atoms with van der Waals surface area (Å²) in [5, 5.41) is 11.7. The smallest absolute Gasteiger partial charge is 0.306 e. The Bertz CT molecular complexity index is 1090. The number of rotatable bonds is 3. The number of fused-ring (bicyclic) bond motifs is 3. The van der Waals surface area contributed by atoms with E-state index < -0.39 is 0 Å². The molecule has 30 heavy (non-hydrogen) atoms. The normalized spacial score (nSPS) is 20.0. The fourth-order valence-corrected chi connectivity index (χ4v) is 5.38. The van der Waals surface area contributed by atoms with E-state index in [0.29, 0.717) is 5.92 Å². The number of carbonyl (C=O) groups is 1. The zero-order valence-electron chi connectivity index (χ0n) is 17.2. The maximum atomic E-state index is 13.3. The van der Waals surface area contributed by atoms with Crippen molar-refractivity contribution >= 4 is 28.8 Å². The number of nitrogens with zero attached hydrogens (tertiary/aromatic N) is 2. The van der Waals surface area contributed by atoms with E-state index in [1.165, 1.54) is 21.6 Å². The second-order valence-corrected chi connectivity index (χ2v) is 9.28. The first-order chi connectivity index (χ1) is 14.6. The van der Waals surface area contributed by atoms with Crippen LogP contribution in [0, 0.1) is 5.92 Å². The molecule has 2 amide bonds. The standard InChI is InChI=1S/C25H25N3OS/c1-16(2)17-9-12-19(13-10-17)26-25(29)28-24(22-8-5-15-30-22)21-14-11-18-6-3-4-7-20(18)23(21)27-28/h3-10,12-13,15-16,21,24H,11,14H2,1-2H3,(H,26,29). The SMILES string of the molecule is CC(C)c1ccc(NC(=O)N2N=C3c4ccccc4CCC3C2c2cccs2)cc1. The summed E-state index contributed by atoms with van der Waals surface area (Å²) in [5.41, 5.74) is 5.61. The van der Waals surface area contributed by atoms with Crippen LogP contribution in [0.15, 0.2) is 71.1 Å². The van der Waals surface area contributed by atoms with Gasteiger partial charge in [-0.3, -0.25) is 0 Å². The maximum absolute atomic E-state index is 13.3. The quantitative estimate of drug-likeness (QED) is 0.526. The van der Waals surface area contributed by atoms with Gasteiger partial charge in [0.2, 0.25) is 0 Å². The summed E-state index contributed by atoms with van der Waals surface area (Å²) in [6.45, 7) is 4.33. The monoisotopic (exact) mass is 415 g/mol. The van der Waals surface area contributed by atoms with Crippen molar-refractivity contribution in [1.82, 2.24) is 5.01 Å². The van der Waals surface area contributed by atoms with Crippen LogP contribution in [0.25, 0.3) is 0 Å². The largest absolute Gasteiger partial charge is 0.342 e. The molecule has 3 aromatic rings. The van der Waals surface area contributed by atoms with Crippen LogP contribution >= 0.6 is 11.3 Å². The lowest BCUT2D eigenvalue weighted by atomic mass is 9.79. The van der Waals surface area contributed by atoms with Gasteiger partial charge in [0.15, 0.2) is 0 Å². The van der Waals surface area contributed by atoms with Crippen molar-refractivity contribution in [1.29, 1.82) is 0 Å². The molecule has 0 saturated carbocycles. The van der Waals surface area contributed by atoms with Crippen LogP contribution in [0.2, 0.25) is 0 Å². The van der Waals surface area contributed by atoms with Crippen LogP contribution < -0.4 is 5.32 Å². The number of urea groups is 1. The Morgan fingerprint density at radius 3 is 2.63 bits per heavy atom. The molecule has 2 atom stereocenters. The minimum Gasteiger partial charge on any atom is -0.306 e. The van der Waals surface area contributed by atoms with Crippen LogP contribution in [-0.4, -0.2) is 16.8 Å². The number of hydrogen-bond acceptors (Lipinski definition) is 3. The molecular weight excluding hydrogens is 390 g/mol. The summed E-state index contributed by atoms with van der Waals surface area (Å²) in [6.07, 6.45) is 2.03. The van der Waals surface area contributed by atoms with Gasteiger partial charge in [-0.15, -0.1) is 11.3 Å². The van der Waals surface area contributed by atoms with Gasteiger partial charge in [-0.25, -0.2) is 9.80 Å². The highest BCUT2D eigenvalue weighted by molar-refractivity contribution is 7.10. The van der Waals surface area contributed by atoms with E-state index >= 15 is 0 Å². The Labute approximate surface area is 181 Å². The number of amides is 2. The molecule has 152 valence electrons. The first kappa shape index (κ1) is 19.1. The molecule has 1 aliphatic carbocycles. The van der Waals surface area contributed by atoms with Crippen LogP contribution in [0.4, 0.5) is 10.5 Å². The molecule has 5 rings (SSSR count). The van der Waals surface area contributed by atoms with Crippen molar-refractivity contribution < 1.29 is 4.79 Å². The van der Waals surface area contributed by atoms with Crippen molar-refractivity contribution in [2.45, 2.75) is 38.6 Å². The number of hydrogen-bond donors (Lipinski definition) is 1. The number of anilines is 1. The predicted octanol–water partition coefficient (Wildman–Crippen LogP) is 6.43. The third kappa shape index (κ3) is 3.33. The fourth-order valence-electron chi connectivity index (χ4n) is 4.50. The number of carbonyl (C=O) groups excluding carboxylic acids is 1. The van der Waals surface area contributed by atoms with Crippen molar-refractivity contribution in [3.8, 4) is 0 Å². The van der Waals surface area contributed by atoms with Gasteiger partial charge in [0, 0.05) is 22.0 Å². The zero-order chi connectivity index (χ0) is 20.7. The average molecular weight is 416 g/mol. The van der Waals surface area contributed by atoms with E-state index in [4.69, 9.17) is 5.10 Å². The summed E-state index contributed by atoms with van der Waals surface area (Å²) in [7, 11) is 0. The lowest BCUT2D eigenvalue weighted by molar-refractivity contribution is 0.189. The van der Waals surface area contributed by atoms with Crippen molar-refractivity contribution in [2.75, 3.05) is 5.32 Å². The maximum Gasteiger partial charge on any atom is 0.342 e. The van der Waals surface area contributed by atoms with Gasteiger partial charge in [-0.2, -0.15) is 5.10 Å². The van der Waals surface area contributed by atoms with Crippen LogP contribution in [0.3, 0.4) is 0 Å². The van der Waals surface area contributed by atoms with Crippen molar-refractivity contribution in [3.05, 3.63) is 87.6 Å². The van der Waals surface area contributed by atoms with Crippen LogP contribution in [-0.2, 0) is 6.42 Å². The summed E-state index contributed by atoms with van der Waals surface area (Å²) < 4.78 is 0. The highest BCUT2D eigenvalue weighted by atomic mass is 32.1. The molecule has 0 bridgehead atoms. The lowest BCUT2D eigenvalue weighted by Crippen LogP contribution is -2.34. The van der Waals surface area contributed by atoms with E-state index in [9.17, 15) is 4.79 Å². The molecule has 4 nitrogen and oxygen atoms in total. The summed E-state index contributed by atoms with van der Waals surface area (Å²) >= 11 is 1.69. The molecule has 1 aliphatic heterocycles. The van der Waals surface area contributed by atoms with E-state index in [0.717, 1.165) is 24.2 Å². The molecule has 2 aromatic carbocycles. The van der Waals surface area contributed by atoms with Gasteiger partial charge >= 0.3 is 6.03 Å². The van der Waals surface area contributed by atoms with Crippen LogP contribution in [0.5, 0.6) is 0 Å². The van der Waals surface area contributed by atoms with Gasteiger partial charge in [-0.1, -0.05) is 56.3 Å². The molecule has 5 heteroatoms. The lowest BCUT2D eigenvalue weighted by Gasteiger charge is -2.28. The highest BCUT2D eigenvalue weighted by Gasteiger charge is 2.44. The van der Waals surface area contributed by atoms with Gasteiger partial charge in [0.1, 0.15) is 0 Å². The summed E-state index contributed by atoms with van der Waals surface area (Å²) in [6, 6.07) is 20.5. The number of hydrazone groups is 1. The Kier molecular flexibility index (Phi) is 4.91. The minimum atomic E-state index is -0.176. The molecule has 0 saturated heterocycles.